The summed E-state index contributed by atoms with van der Waals surface area (Å²) >= 11 is 6.46. The fraction of sp³-hybridized carbons (Fsp3) is 0.0909. The van der Waals surface area contributed by atoms with Crippen molar-refractivity contribution in [3.63, 3.8) is 0 Å². The van der Waals surface area contributed by atoms with Gasteiger partial charge in [0.1, 0.15) is 0 Å². The average molecular weight is 1440 g/mol. The van der Waals surface area contributed by atoms with Gasteiger partial charge in [0.05, 0.1) is 10.8 Å². The molecule has 110 heavy (non-hydrogen) atoms. The van der Waals surface area contributed by atoms with Crippen molar-refractivity contribution in [1.29, 1.82) is 0 Å². The Bertz CT molecular complexity index is 5940. The van der Waals surface area contributed by atoms with Crippen LogP contribution in [-0.4, -0.2) is 55.5 Å². The predicted octanol–water partition coefficient (Wildman–Crippen LogP) is 21.7. The van der Waals surface area contributed by atoms with Gasteiger partial charge in [0.15, 0.2) is 34.9 Å². The number of hydrogen-bond donors (Lipinski definition) is 2. The van der Waals surface area contributed by atoms with Gasteiger partial charge >= 0.3 is 7.12 Å². The molecule has 11 heteroatoms. The minimum atomic E-state index is -1.55. The summed E-state index contributed by atoms with van der Waals surface area (Å²) < 4.78 is 0. The van der Waals surface area contributed by atoms with E-state index in [0.29, 0.717) is 46.0 Å². The van der Waals surface area contributed by atoms with Gasteiger partial charge < -0.3 is 10.0 Å². The summed E-state index contributed by atoms with van der Waals surface area (Å²) in [5, 5.41) is 19.7. The molecule has 0 bridgehead atoms. The minimum absolute atomic E-state index is 0. The van der Waals surface area contributed by atoms with Crippen LogP contribution in [0.4, 0.5) is 0 Å². The van der Waals surface area contributed by atoms with Gasteiger partial charge in [-0.1, -0.05) is 374 Å². The third-order valence-electron chi connectivity index (χ3n) is 22.4. The molecule has 2 aromatic heterocycles. The minimum Gasteiger partial charge on any atom is -0.423 e. The number of nitrogens with zero attached hydrogens (tertiary/aromatic N) is 6. The monoisotopic (exact) mass is 1440 g/mol. The van der Waals surface area contributed by atoms with Crippen LogP contribution in [0.15, 0.2) is 352 Å². The van der Waals surface area contributed by atoms with Gasteiger partial charge in [0.2, 0.25) is 0 Å². The largest absolute Gasteiger partial charge is 0.488 e. The van der Waals surface area contributed by atoms with Crippen LogP contribution in [0.2, 0.25) is 5.02 Å². The SMILES string of the molecule is C.CC1(C)c2ccccc2C2(c3ccccc3-c3cc(-c4cccc(-c5nc(-c6ccccc6)nc(-c6ccccc6)n5)c4)ccc32)c2ccccc21.CC1(C)c2ccccc2C2(c3ccccc3-c3cc(Cl)ccc32)c2ccccc21.OB(O)c1cccc(-c2nc(-c3ccccc3)nc(-c3ccccc3)n2)c1.[B]. The Morgan fingerprint density at radius 3 is 0.873 bits per heavy atom. The van der Waals surface area contributed by atoms with Crippen LogP contribution in [0, 0.1) is 0 Å². The normalized spacial score (nSPS) is 13.7. The van der Waals surface area contributed by atoms with E-state index in [1.807, 2.05) is 133 Å². The Balaban J connectivity index is 0.000000135. The summed E-state index contributed by atoms with van der Waals surface area (Å²) in [6, 6.07) is 123. The molecule has 0 amide bonds. The van der Waals surface area contributed by atoms with E-state index in [-0.39, 0.29) is 32.1 Å². The van der Waals surface area contributed by atoms with Crippen molar-refractivity contribution in [2.75, 3.05) is 0 Å². The van der Waals surface area contributed by atoms with Gasteiger partial charge in [-0.3, -0.25) is 0 Å². The summed E-state index contributed by atoms with van der Waals surface area (Å²) in [6.45, 7) is 9.43. The third kappa shape index (κ3) is 11.9. The van der Waals surface area contributed by atoms with Crippen LogP contribution in [0.3, 0.4) is 0 Å². The van der Waals surface area contributed by atoms with Gasteiger partial charge in [0.25, 0.3) is 0 Å². The van der Waals surface area contributed by atoms with Gasteiger partial charge in [-0.25, -0.2) is 29.9 Å². The first-order valence-corrected chi connectivity index (χ1v) is 37.0. The average Bonchev–Trinajstić information content (AvgIpc) is 1.50. The third-order valence-corrected chi connectivity index (χ3v) is 22.6. The molecule has 2 N–H and O–H groups in total. The van der Waals surface area contributed by atoms with Crippen molar-refractivity contribution in [3.05, 3.63) is 424 Å². The number of aromatic nitrogens is 6. The molecule has 0 unspecified atom stereocenters. The second-order valence-electron chi connectivity index (χ2n) is 29.1. The lowest BCUT2D eigenvalue weighted by molar-refractivity contribution is 0.426. The fourth-order valence-corrected chi connectivity index (χ4v) is 17.6. The van der Waals surface area contributed by atoms with E-state index in [2.05, 4.69) is 243 Å². The van der Waals surface area contributed by atoms with Crippen LogP contribution < -0.4 is 5.46 Å². The number of rotatable bonds is 8. The van der Waals surface area contributed by atoms with Gasteiger partial charge in [0, 0.05) is 57.6 Å². The molecular formula is C99H76B2ClN6O2. The molecule has 2 spiro atoms. The first-order chi connectivity index (χ1) is 52.8. The van der Waals surface area contributed by atoms with Gasteiger partial charge in [-0.15, -0.1) is 0 Å². The molecule has 0 saturated carbocycles. The molecule has 4 aliphatic rings. The van der Waals surface area contributed by atoms with Crippen LogP contribution in [0.1, 0.15) is 102 Å². The maximum Gasteiger partial charge on any atom is 0.488 e. The molecule has 20 rings (SSSR count). The van der Waals surface area contributed by atoms with Crippen molar-refractivity contribution >= 4 is 32.6 Å². The molecular weight excluding hydrogens is 1360 g/mol. The first-order valence-electron chi connectivity index (χ1n) is 36.7. The Hall–Kier alpha value is -12.6. The number of fused-ring (bicyclic) bond motifs is 18. The van der Waals surface area contributed by atoms with Crippen molar-refractivity contribution in [3.8, 4) is 102 Å². The highest BCUT2D eigenvalue weighted by Gasteiger charge is 2.55. The zero-order valence-electron chi connectivity index (χ0n) is 60.6. The van der Waals surface area contributed by atoms with Gasteiger partial charge in [-0.2, -0.15) is 0 Å². The summed E-state index contributed by atoms with van der Waals surface area (Å²) in [5.41, 5.74) is 28.7. The smallest absolute Gasteiger partial charge is 0.423 e. The standard InChI is InChI=1S/C49H35N3.C28H21Cl.C21H16BN3O2.CH4.B/c1-48(2)41-24-11-13-26-43(41)49(44-27-14-12-25-42(44)48)39-23-10-9-22-37(39)38-31-35(28-29-40(38)49)34-20-15-21-36(30-34)47-51-45(32-16-5-3-6-17-32)50-46(52-47)33-18-7-4-8-19-33;1-27(2)23-11-5-7-13-25(23)28(26-14-8-6-12-24(26)27)21-10-4-3-9-19(21)20-17-18(29)15-16-22(20)28;26-22(27)18-13-7-12-17(14-18)21-24-19(15-8-3-1-4-9-15)23-20(25-21)16-10-5-2-6-11-16;;/h3-31H,1-2H3;3-17H,1-2H3;1-14,26-27H;1H4;. The van der Waals surface area contributed by atoms with E-state index >= 15 is 0 Å². The Morgan fingerprint density at radius 2 is 0.500 bits per heavy atom. The summed E-state index contributed by atoms with van der Waals surface area (Å²) in [5.74, 6) is 3.57. The molecule has 527 valence electrons. The molecule has 8 nitrogen and oxygen atoms in total. The summed E-state index contributed by atoms with van der Waals surface area (Å²) in [4.78, 5) is 28.8. The Morgan fingerprint density at radius 1 is 0.236 bits per heavy atom. The Kier molecular flexibility index (Phi) is 18.8. The fourth-order valence-electron chi connectivity index (χ4n) is 17.4. The highest BCUT2D eigenvalue weighted by Crippen LogP contribution is 2.64. The van der Waals surface area contributed by atoms with Crippen LogP contribution in [0.25, 0.3) is 102 Å². The lowest BCUT2D eigenvalue weighted by Crippen LogP contribution is -2.40. The quantitative estimate of drug-likeness (QED) is 0.145. The zero-order chi connectivity index (χ0) is 73.3. The van der Waals surface area contributed by atoms with Crippen LogP contribution in [0.5, 0.6) is 0 Å². The first kappa shape index (κ1) is 71.7. The lowest BCUT2D eigenvalue weighted by Gasteiger charge is -2.46. The molecule has 4 aliphatic carbocycles. The van der Waals surface area contributed by atoms with E-state index in [4.69, 9.17) is 26.6 Å². The van der Waals surface area contributed by atoms with E-state index < -0.39 is 12.5 Å². The molecule has 0 atom stereocenters. The molecule has 0 fully saturated rings. The van der Waals surface area contributed by atoms with E-state index in [0.717, 1.165) is 44.0 Å². The molecule has 0 saturated heterocycles. The van der Waals surface area contributed by atoms with Gasteiger partial charge in [-0.05, 0) is 130 Å². The van der Waals surface area contributed by atoms with Crippen molar-refractivity contribution in [1.82, 2.24) is 29.9 Å². The van der Waals surface area contributed by atoms with E-state index in [1.54, 1.807) is 18.2 Å². The predicted molar refractivity (Wildman–Crippen MR) is 450 cm³/mol. The molecule has 14 aromatic carbocycles. The number of halogens is 1. The molecule has 3 radical (unpaired) electrons. The highest BCUT2D eigenvalue weighted by atomic mass is 35.5. The second-order valence-corrected chi connectivity index (χ2v) is 29.6. The van der Waals surface area contributed by atoms with E-state index in [9.17, 15) is 10.0 Å². The Labute approximate surface area is 650 Å². The number of hydrogen-bond acceptors (Lipinski definition) is 8. The highest BCUT2D eigenvalue weighted by molar-refractivity contribution is 6.58. The summed E-state index contributed by atoms with van der Waals surface area (Å²) in [6.07, 6.45) is 0. The van der Waals surface area contributed by atoms with E-state index in [1.165, 1.54) is 89.0 Å². The zero-order valence-corrected chi connectivity index (χ0v) is 61.4. The molecule has 2 heterocycles. The topological polar surface area (TPSA) is 118 Å². The summed E-state index contributed by atoms with van der Waals surface area (Å²) in [7, 11) is -1.55. The van der Waals surface area contributed by atoms with Crippen molar-refractivity contribution in [2.24, 2.45) is 0 Å². The molecule has 0 aliphatic heterocycles. The lowest BCUT2D eigenvalue weighted by atomic mass is 9.55. The maximum absolute atomic E-state index is 9.46. The maximum atomic E-state index is 9.46. The van der Waals surface area contributed by atoms with Crippen LogP contribution in [-0.2, 0) is 21.7 Å². The van der Waals surface area contributed by atoms with Crippen molar-refractivity contribution in [2.45, 2.75) is 56.8 Å². The van der Waals surface area contributed by atoms with Crippen molar-refractivity contribution < 1.29 is 10.0 Å². The molecule has 16 aromatic rings. The number of benzene rings is 14. The second kappa shape index (κ2) is 28.9. The van der Waals surface area contributed by atoms with Crippen LogP contribution >= 0.6 is 11.6 Å².